The number of nitrogens with zero attached hydrogens (tertiary/aromatic N) is 1. The molecule has 25 heavy (non-hydrogen) atoms. The summed E-state index contributed by atoms with van der Waals surface area (Å²) in [7, 11) is 0. The van der Waals surface area contributed by atoms with Gasteiger partial charge in [-0.05, 0) is 86.4 Å². The number of ether oxygens (including phenoxy) is 1. The summed E-state index contributed by atoms with van der Waals surface area (Å²) >= 11 is 12.0. The van der Waals surface area contributed by atoms with E-state index in [1.165, 1.54) is 12.1 Å². The Bertz CT molecular complexity index is 763. The van der Waals surface area contributed by atoms with Gasteiger partial charge in [0.1, 0.15) is 18.2 Å². The number of hydrazone groups is 1. The minimum atomic E-state index is -0.284. The fourth-order valence-electron chi connectivity index (χ4n) is 1.94. The van der Waals surface area contributed by atoms with Crippen LogP contribution in [-0.2, 0) is 6.61 Å². The lowest BCUT2D eigenvalue weighted by molar-refractivity contribution is 0.301. The zero-order chi connectivity index (χ0) is 18.2. The lowest BCUT2D eigenvalue weighted by Gasteiger charge is -2.11. The molecule has 8 heteroatoms. The summed E-state index contributed by atoms with van der Waals surface area (Å²) in [6.45, 7) is 2.95. The first kappa shape index (κ1) is 19.8. The molecule has 0 aliphatic carbocycles. The molecular weight excluding hydrogens is 473 g/mol. The van der Waals surface area contributed by atoms with Crippen LogP contribution in [0.25, 0.3) is 0 Å². The normalized spacial score (nSPS) is 10.7. The highest BCUT2D eigenvalue weighted by Gasteiger charge is 2.09. The van der Waals surface area contributed by atoms with E-state index in [1.807, 2.05) is 25.1 Å². The average molecular weight is 489 g/mol. The first-order valence-electron chi connectivity index (χ1n) is 7.42. The van der Waals surface area contributed by atoms with Crippen molar-refractivity contribution in [2.24, 2.45) is 5.10 Å². The van der Waals surface area contributed by atoms with Crippen LogP contribution in [0.15, 0.2) is 50.4 Å². The Balaban J connectivity index is 2.04. The monoisotopic (exact) mass is 487 g/mol. The summed E-state index contributed by atoms with van der Waals surface area (Å²) in [5, 5.41) is 7.48. The van der Waals surface area contributed by atoms with Crippen LogP contribution in [0, 0.1) is 5.82 Å². The molecule has 0 spiro atoms. The van der Waals surface area contributed by atoms with Gasteiger partial charge in [0.05, 0.1) is 15.2 Å². The quantitative estimate of drug-likeness (QED) is 0.350. The predicted molar refractivity (Wildman–Crippen MR) is 110 cm³/mol. The number of nitrogens with one attached hydrogen (secondary N) is 2. The van der Waals surface area contributed by atoms with Crippen LogP contribution in [0.5, 0.6) is 5.75 Å². The van der Waals surface area contributed by atoms with E-state index in [9.17, 15) is 4.39 Å². The smallest absolute Gasteiger partial charge is 0.186 e. The molecule has 0 unspecified atom stereocenters. The molecule has 0 radical (unpaired) electrons. The predicted octanol–water partition coefficient (Wildman–Crippen LogP) is 4.75. The second-order valence-electron chi connectivity index (χ2n) is 4.96. The number of hydrogen-bond acceptors (Lipinski definition) is 3. The molecule has 0 atom stereocenters. The molecule has 0 fully saturated rings. The van der Waals surface area contributed by atoms with E-state index < -0.39 is 0 Å². The third-order valence-electron chi connectivity index (χ3n) is 3.01. The maximum absolute atomic E-state index is 13.2. The molecule has 0 heterocycles. The molecule has 0 amide bonds. The molecular formula is C17H16Br2FN3OS. The first-order valence-corrected chi connectivity index (χ1v) is 9.42. The number of halogens is 3. The zero-order valence-electron chi connectivity index (χ0n) is 13.4. The number of rotatable bonds is 6. The first-order chi connectivity index (χ1) is 12.0. The number of hydrogen-bond donors (Lipinski definition) is 2. The van der Waals surface area contributed by atoms with Gasteiger partial charge < -0.3 is 10.1 Å². The van der Waals surface area contributed by atoms with Crippen molar-refractivity contribution in [1.82, 2.24) is 10.7 Å². The van der Waals surface area contributed by atoms with Gasteiger partial charge >= 0.3 is 0 Å². The third kappa shape index (κ3) is 6.37. The second kappa shape index (κ2) is 9.84. The molecule has 0 saturated carbocycles. The molecule has 0 saturated heterocycles. The highest BCUT2D eigenvalue weighted by atomic mass is 79.9. The fourth-order valence-corrected chi connectivity index (χ4v) is 3.59. The molecule has 132 valence electrons. The van der Waals surface area contributed by atoms with Crippen molar-refractivity contribution in [3.05, 3.63) is 62.3 Å². The molecule has 2 aromatic rings. The zero-order valence-corrected chi connectivity index (χ0v) is 17.3. The number of thiocarbonyl (C=S) groups is 1. The molecule has 0 bridgehead atoms. The molecule has 0 aliphatic heterocycles. The summed E-state index contributed by atoms with van der Waals surface area (Å²) in [5.74, 6) is 0.353. The van der Waals surface area contributed by atoms with Crippen molar-refractivity contribution < 1.29 is 9.13 Å². The topological polar surface area (TPSA) is 45.7 Å². The van der Waals surface area contributed by atoms with Gasteiger partial charge in [0.25, 0.3) is 0 Å². The third-order valence-corrected chi connectivity index (χ3v) is 4.42. The SMILES string of the molecule is CCNC(=S)N/N=C\c1cc(Br)c(OCc2cccc(F)c2)c(Br)c1. The van der Waals surface area contributed by atoms with E-state index in [0.29, 0.717) is 10.9 Å². The van der Waals surface area contributed by atoms with E-state index in [1.54, 1.807) is 12.3 Å². The van der Waals surface area contributed by atoms with Crippen LogP contribution in [-0.4, -0.2) is 17.9 Å². The van der Waals surface area contributed by atoms with Gasteiger partial charge in [0, 0.05) is 6.54 Å². The Kier molecular flexibility index (Phi) is 7.80. The summed E-state index contributed by atoms with van der Waals surface area (Å²) in [5.41, 5.74) is 4.34. The lowest BCUT2D eigenvalue weighted by Crippen LogP contribution is -2.31. The fraction of sp³-hybridized carbons (Fsp3) is 0.176. The maximum Gasteiger partial charge on any atom is 0.186 e. The van der Waals surface area contributed by atoms with Crippen molar-refractivity contribution in [2.45, 2.75) is 13.5 Å². The Labute approximate surface area is 168 Å². The second-order valence-corrected chi connectivity index (χ2v) is 7.08. The van der Waals surface area contributed by atoms with E-state index in [-0.39, 0.29) is 12.4 Å². The Hall–Kier alpha value is -1.51. The largest absolute Gasteiger partial charge is 0.487 e. The van der Waals surface area contributed by atoms with Gasteiger partial charge in [-0.15, -0.1) is 0 Å². The van der Waals surface area contributed by atoms with Crippen LogP contribution in [0.1, 0.15) is 18.1 Å². The van der Waals surface area contributed by atoms with Crippen molar-refractivity contribution in [3.8, 4) is 5.75 Å². The highest BCUT2D eigenvalue weighted by molar-refractivity contribution is 9.11. The molecule has 2 aromatic carbocycles. The lowest BCUT2D eigenvalue weighted by atomic mass is 10.2. The number of benzene rings is 2. The molecule has 4 nitrogen and oxygen atoms in total. The minimum Gasteiger partial charge on any atom is -0.487 e. The van der Waals surface area contributed by atoms with Crippen molar-refractivity contribution in [2.75, 3.05) is 6.54 Å². The van der Waals surface area contributed by atoms with Crippen LogP contribution >= 0.6 is 44.1 Å². The van der Waals surface area contributed by atoms with E-state index >= 15 is 0 Å². The van der Waals surface area contributed by atoms with Crippen LogP contribution in [0.4, 0.5) is 4.39 Å². The van der Waals surface area contributed by atoms with Gasteiger partial charge in [0.2, 0.25) is 0 Å². The van der Waals surface area contributed by atoms with Crippen LogP contribution in [0.3, 0.4) is 0 Å². The average Bonchev–Trinajstić information content (AvgIpc) is 2.54. The maximum atomic E-state index is 13.2. The van der Waals surface area contributed by atoms with Crippen LogP contribution in [0.2, 0.25) is 0 Å². The van der Waals surface area contributed by atoms with Crippen molar-refractivity contribution in [1.29, 1.82) is 0 Å². The Morgan fingerprint density at radius 2 is 2.00 bits per heavy atom. The van der Waals surface area contributed by atoms with E-state index in [4.69, 9.17) is 17.0 Å². The van der Waals surface area contributed by atoms with E-state index in [0.717, 1.165) is 26.6 Å². The van der Waals surface area contributed by atoms with Crippen molar-refractivity contribution >= 4 is 55.4 Å². The summed E-state index contributed by atoms with van der Waals surface area (Å²) in [6.07, 6.45) is 1.65. The molecule has 2 rings (SSSR count). The van der Waals surface area contributed by atoms with E-state index in [2.05, 4.69) is 47.7 Å². The Morgan fingerprint density at radius 1 is 1.28 bits per heavy atom. The highest BCUT2D eigenvalue weighted by Crippen LogP contribution is 2.35. The molecule has 0 aromatic heterocycles. The molecule has 0 aliphatic rings. The van der Waals surface area contributed by atoms with Gasteiger partial charge in [-0.3, -0.25) is 5.43 Å². The minimum absolute atomic E-state index is 0.265. The van der Waals surface area contributed by atoms with Gasteiger partial charge in [0.15, 0.2) is 5.11 Å². The Morgan fingerprint density at radius 3 is 2.64 bits per heavy atom. The van der Waals surface area contributed by atoms with Crippen LogP contribution < -0.4 is 15.5 Å². The standard InChI is InChI=1S/C17H16Br2FN3OS/c1-2-21-17(25)23-22-9-12-7-14(18)16(15(19)8-12)24-10-11-4-3-5-13(20)6-11/h3-9H,2,10H2,1H3,(H2,21,23,25)/b22-9-. The van der Waals surface area contributed by atoms with Gasteiger partial charge in [-0.1, -0.05) is 12.1 Å². The van der Waals surface area contributed by atoms with Gasteiger partial charge in [-0.2, -0.15) is 5.10 Å². The summed E-state index contributed by atoms with van der Waals surface area (Å²) in [4.78, 5) is 0. The van der Waals surface area contributed by atoms with Crippen molar-refractivity contribution in [3.63, 3.8) is 0 Å². The van der Waals surface area contributed by atoms with Gasteiger partial charge in [-0.25, -0.2) is 4.39 Å². The summed E-state index contributed by atoms with van der Waals surface area (Å²) in [6, 6.07) is 10.1. The summed E-state index contributed by atoms with van der Waals surface area (Å²) < 4.78 is 20.5. The molecule has 2 N–H and O–H groups in total.